The van der Waals surface area contributed by atoms with Crippen LogP contribution in [-0.2, 0) is 46.2 Å². The van der Waals surface area contributed by atoms with Gasteiger partial charge in [-0.25, -0.2) is 0 Å². The van der Waals surface area contributed by atoms with Gasteiger partial charge >= 0.3 is 245 Å². The van der Waals surface area contributed by atoms with E-state index in [-0.39, 0.29) is 49.4 Å². The molecule has 258 valence electrons. The van der Waals surface area contributed by atoms with E-state index < -0.39 is 49.1 Å². The second kappa shape index (κ2) is 17.1. The minimum absolute atomic E-state index is 0.0119. The molecule has 1 aromatic carbocycles. The Morgan fingerprint density at radius 1 is 1.13 bits per heavy atom. The number of esters is 1. The first-order valence-electron chi connectivity index (χ1n) is 15.3. The number of aromatic nitrogens is 2. The second-order valence-corrected chi connectivity index (χ2v) is 15.7. The molecule has 0 saturated carbocycles. The Kier molecular flexibility index (Phi) is 14.2. The van der Waals surface area contributed by atoms with E-state index in [1.54, 1.807) is 13.8 Å². The summed E-state index contributed by atoms with van der Waals surface area (Å²) in [6.45, 7) is 12.2. The van der Waals surface area contributed by atoms with Crippen molar-refractivity contribution in [3.8, 4) is 0 Å². The zero-order chi connectivity index (χ0) is 34.1. The van der Waals surface area contributed by atoms with Gasteiger partial charge in [-0.1, -0.05) is 30.3 Å². The predicted molar refractivity (Wildman–Crippen MR) is 177 cm³/mol. The summed E-state index contributed by atoms with van der Waals surface area (Å²) >= 11 is 1.09. The van der Waals surface area contributed by atoms with E-state index in [1.165, 1.54) is 23.8 Å². The van der Waals surface area contributed by atoms with E-state index >= 15 is 0 Å². The summed E-state index contributed by atoms with van der Waals surface area (Å²) in [5.41, 5.74) is -0.686. The Balaban J connectivity index is 1.66. The van der Waals surface area contributed by atoms with Crippen LogP contribution in [0.25, 0.3) is 0 Å². The van der Waals surface area contributed by atoms with Gasteiger partial charge in [0.1, 0.15) is 0 Å². The Morgan fingerprint density at radius 3 is 2.48 bits per heavy atom. The van der Waals surface area contributed by atoms with Gasteiger partial charge in [-0.3, -0.25) is 0 Å². The summed E-state index contributed by atoms with van der Waals surface area (Å²) in [7, 11) is -4.19. The van der Waals surface area contributed by atoms with Crippen molar-refractivity contribution in [3.63, 3.8) is 0 Å². The zero-order valence-electron chi connectivity index (χ0n) is 27.6. The molecule has 3 rings (SSSR count). The number of nitrogens with one attached hydrogen (secondary N) is 1. The Hall–Kier alpha value is -2.42. The van der Waals surface area contributed by atoms with Gasteiger partial charge in [0, 0.05) is 0 Å². The average Bonchev–Trinajstić information content (AvgIpc) is 3.35. The molecular weight excluding hydrogens is 637 g/mol. The molecule has 0 bridgehead atoms. The fraction of sp³-hybridized carbons (Fsp3) is 0.613. The molecular formula is C31H48N3O10PS. The van der Waals surface area contributed by atoms with Crippen LogP contribution in [0.2, 0.25) is 0 Å². The summed E-state index contributed by atoms with van der Waals surface area (Å²) in [5.74, 6) is -0.460. The first-order valence-corrected chi connectivity index (χ1v) is 18.1. The van der Waals surface area contributed by atoms with E-state index in [2.05, 4.69) is 5.09 Å². The Labute approximate surface area is 274 Å². The van der Waals surface area contributed by atoms with E-state index in [9.17, 15) is 24.1 Å². The molecule has 1 fully saturated rings. The normalized spacial score (nSPS) is 19.7. The topological polar surface area (TPSA) is 157 Å². The molecule has 0 radical (unpaired) electrons. The Bertz CT molecular complexity index is 1410. The van der Waals surface area contributed by atoms with Crippen LogP contribution < -0.4 is 16.3 Å². The number of carbonyl (C=O) groups is 2. The molecule has 15 heteroatoms. The van der Waals surface area contributed by atoms with Crippen LogP contribution in [-0.4, -0.2) is 62.3 Å². The van der Waals surface area contributed by atoms with Crippen molar-refractivity contribution < 1.29 is 37.7 Å². The number of thioether (sulfide) groups is 1. The molecule has 0 unspecified atom stereocenters. The number of hydrogen-bond donors (Lipinski definition) is 2. The third-order valence-corrected chi connectivity index (χ3v) is 10.1. The van der Waals surface area contributed by atoms with Crippen LogP contribution in [0, 0.1) is 11.3 Å². The van der Waals surface area contributed by atoms with Crippen LogP contribution >= 0.6 is 19.9 Å². The minimum atomic E-state index is -4.19. The molecule has 1 aliphatic rings. The van der Waals surface area contributed by atoms with Crippen LogP contribution in [0.5, 0.6) is 0 Å². The standard InChI is InChI=1S/C31H48N3O10PS/c1-21(2)43-28(36)23(4)32-45(39,41-15-16-46-29(37)31(5,6)7)42-19-25-17-22(3)27(44-25)33-14-13-26(35)34(30(33)38)20-40-18-24-11-9-8-10-12-24/h8-14,21-23,25,27,32,39,45H,15-20H2,1-7H3/t22-,23-,25-,27+/m0/s1. The van der Waals surface area contributed by atoms with Gasteiger partial charge in [0.25, 0.3) is 0 Å². The molecule has 13 nitrogen and oxygen atoms in total. The summed E-state index contributed by atoms with van der Waals surface area (Å²) in [6, 6.07) is 9.76. The maximum absolute atomic E-state index is 13.3. The molecule has 0 aliphatic carbocycles. The summed E-state index contributed by atoms with van der Waals surface area (Å²) < 4.78 is 31.1. The number of ether oxygens (including phenoxy) is 3. The van der Waals surface area contributed by atoms with E-state index in [0.29, 0.717) is 6.42 Å². The first-order chi connectivity index (χ1) is 21.6. The van der Waals surface area contributed by atoms with Gasteiger partial charge in [-0.2, -0.15) is 0 Å². The molecule has 0 spiro atoms. The molecule has 4 atom stereocenters. The number of carbonyl (C=O) groups excluding carboxylic acids is 2. The van der Waals surface area contributed by atoms with Crippen LogP contribution in [0.15, 0.2) is 52.2 Å². The third-order valence-electron chi connectivity index (χ3n) is 6.95. The average molecular weight is 686 g/mol. The SMILES string of the molecule is CC(C)OC(=O)[C@H](C)N[PH](O)(OCCSC(=O)C(C)(C)C)OC[C@@H]1C[C@H](C)[C@H](n2ccc(=O)n(COCc3ccccc3)c2=O)O1. The van der Waals surface area contributed by atoms with Crippen molar-refractivity contribution >= 4 is 30.9 Å². The van der Waals surface area contributed by atoms with Crippen LogP contribution in [0.4, 0.5) is 0 Å². The van der Waals surface area contributed by atoms with Gasteiger partial charge < -0.3 is 0 Å². The molecule has 2 aromatic rings. The number of hydrogen-bond acceptors (Lipinski definition) is 12. The maximum atomic E-state index is 13.3. The molecule has 2 heterocycles. The number of nitrogens with zero attached hydrogens (tertiary/aromatic N) is 2. The Morgan fingerprint density at radius 2 is 1.83 bits per heavy atom. The van der Waals surface area contributed by atoms with E-state index in [1.807, 2.05) is 58.0 Å². The van der Waals surface area contributed by atoms with Crippen molar-refractivity contribution in [1.82, 2.24) is 14.2 Å². The summed E-state index contributed by atoms with van der Waals surface area (Å²) in [6.07, 6.45) is 0.279. The van der Waals surface area contributed by atoms with E-state index in [0.717, 1.165) is 21.9 Å². The zero-order valence-corrected chi connectivity index (χ0v) is 29.4. The molecule has 2 N–H and O–H groups in total. The molecule has 46 heavy (non-hydrogen) atoms. The van der Waals surface area contributed by atoms with Crippen molar-refractivity contribution in [2.75, 3.05) is 19.0 Å². The predicted octanol–water partition coefficient (Wildman–Crippen LogP) is 3.78. The summed E-state index contributed by atoms with van der Waals surface area (Å²) in [4.78, 5) is 62.0. The number of rotatable bonds is 16. The fourth-order valence-electron chi connectivity index (χ4n) is 4.57. The third kappa shape index (κ3) is 11.4. The fourth-order valence-corrected chi connectivity index (χ4v) is 7.21. The van der Waals surface area contributed by atoms with Crippen molar-refractivity contribution in [2.45, 2.75) is 92.7 Å². The molecule has 1 saturated heterocycles. The molecule has 0 amide bonds. The van der Waals surface area contributed by atoms with Crippen LogP contribution in [0.1, 0.15) is 66.7 Å². The molecule has 1 aliphatic heterocycles. The van der Waals surface area contributed by atoms with Crippen LogP contribution in [0.3, 0.4) is 0 Å². The number of benzene rings is 1. The van der Waals surface area contributed by atoms with Gasteiger partial charge in [0.15, 0.2) is 0 Å². The second-order valence-electron chi connectivity index (χ2n) is 12.6. The molecule has 1 aromatic heterocycles. The first kappa shape index (κ1) is 38.0. The van der Waals surface area contributed by atoms with Gasteiger partial charge in [0.05, 0.1) is 0 Å². The van der Waals surface area contributed by atoms with Crippen molar-refractivity contribution in [3.05, 3.63) is 69.0 Å². The summed E-state index contributed by atoms with van der Waals surface area (Å²) in [5, 5.41) is 2.75. The van der Waals surface area contributed by atoms with Gasteiger partial charge in [0.2, 0.25) is 0 Å². The van der Waals surface area contributed by atoms with Gasteiger partial charge in [-0.15, -0.1) is 0 Å². The van der Waals surface area contributed by atoms with Crippen molar-refractivity contribution in [1.29, 1.82) is 0 Å². The van der Waals surface area contributed by atoms with Crippen molar-refractivity contribution in [2.24, 2.45) is 11.3 Å². The monoisotopic (exact) mass is 685 g/mol. The quantitative estimate of drug-likeness (QED) is 0.150. The van der Waals surface area contributed by atoms with E-state index in [4.69, 9.17) is 23.3 Å². The van der Waals surface area contributed by atoms with Gasteiger partial charge in [-0.05, 0) is 0 Å².